The zero-order chi connectivity index (χ0) is 14.0. The second kappa shape index (κ2) is 6.11. The average Bonchev–Trinajstić information content (AvgIpc) is 2.38. The normalized spacial score (nSPS) is 35.5. The van der Waals surface area contributed by atoms with E-state index in [1.54, 1.807) is 0 Å². The Bertz CT molecular complexity index is 276. The van der Waals surface area contributed by atoms with Gasteiger partial charge < -0.3 is 5.73 Å². The fraction of sp³-hybridized carbons (Fsp3) is 1.00. The molecule has 3 nitrogen and oxygen atoms in total. The molecule has 2 fully saturated rings. The van der Waals surface area contributed by atoms with E-state index in [4.69, 9.17) is 5.73 Å². The van der Waals surface area contributed by atoms with Crippen molar-refractivity contribution in [2.45, 2.75) is 71.0 Å². The van der Waals surface area contributed by atoms with E-state index < -0.39 is 0 Å². The monoisotopic (exact) mass is 267 g/mol. The quantitative estimate of drug-likeness (QED) is 0.833. The summed E-state index contributed by atoms with van der Waals surface area (Å²) in [6, 6.07) is 1.05. The van der Waals surface area contributed by atoms with Gasteiger partial charge in [0.2, 0.25) is 0 Å². The molecule has 2 rings (SSSR count). The molecule has 1 saturated carbocycles. The lowest BCUT2D eigenvalue weighted by atomic mass is 9.80. The van der Waals surface area contributed by atoms with E-state index in [0.29, 0.717) is 17.6 Å². The van der Waals surface area contributed by atoms with Gasteiger partial charge in [-0.05, 0) is 46.0 Å². The molecule has 0 amide bonds. The van der Waals surface area contributed by atoms with Crippen LogP contribution in [-0.4, -0.2) is 53.6 Å². The van der Waals surface area contributed by atoms with Gasteiger partial charge >= 0.3 is 0 Å². The van der Waals surface area contributed by atoms with E-state index in [1.165, 1.54) is 51.9 Å². The topological polar surface area (TPSA) is 32.5 Å². The van der Waals surface area contributed by atoms with E-state index in [-0.39, 0.29) is 0 Å². The summed E-state index contributed by atoms with van der Waals surface area (Å²) in [5.74, 6) is 0.908. The van der Waals surface area contributed by atoms with Crippen molar-refractivity contribution >= 4 is 0 Å². The number of hydrogen-bond acceptors (Lipinski definition) is 3. The van der Waals surface area contributed by atoms with Crippen LogP contribution in [0.25, 0.3) is 0 Å². The smallest absolute Gasteiger partial charge is 0.0250 e. The number of rotatable bonds is 2. The van der Waals surface area contributed by atoms with Crippen molar-refractivity contribution in [2.75, 3.05) is 26.2 Å². The van der Waals surface area contributed by atoms with Gasteiger partial charge in [-0.2, -0.15) is 0 Å². The van der Waals surface area contributed by atoms with Crippen LogP contribution in [0.15, 0.2) is 0 Å². The lowest BCUT2D eigenvalue weighted by Gasteiger charge is -2.47. The molecule has 1 heterocycles. The SMILES string of the molecule is CCC1CCC(N)C(N2CCN(C(C)(C)C)CC2)C1. The molecule has 3 atom stereocenters. The van der Waals surface area contributed by atoms with Gasteiger partial charge in [-0.3, -0.25) is 9.80 Å². The first-order valence-corrected chi connectivity index (χ1v) is 8.16. The van der Waals surface area contributed by atoms with Gasteiger partial charge in [0.15, 0.2) is 0 Å². The Morgan fingerprint density at radius 2 is 1.68 bits per heavy atom. The predicted molar refractivity (Wildman–Crippen MR) is 82.3 cm³/mol. The van der Waals surface area contributed by atoms with Crippen LogP contribution < -0.4 is 5.73 Å². The zero-order valence-electron chi connectivity index (χ0n) is 13.4. The first-order chi connectivity index (χ1) is 8.91. The van der Waals surface area contributed by atoms with Crippen LogP contribution in [0.1, 0.15) is 53.4 Å². The molecule has 1 aliphatic carbocycles. The molecular formula is C16H33N3. The Labute approximate surface area is 119 Å². The van der Waals surface area contributed by atoms with Gasteiger partial charge in [0.05, 0.1) is 0 Å². The third kappa shape index (κ3) is 3.71. The van der Waals surface area contributed by atoms with E-state index in [9.17, 15) is 0 Å². The van der Waals surface area contributed by atoms with Crippen LogP contribution in [0.4, 0.5) is 0 Å². The van der Waals surface area contributed by atoms with Crippen molar-refractivity contribution in [3.63, 3.8) is 0 Å². The molecule has 3 heteroatoms. The number of hydrogen-bond donors (Lipinski definition) is 1. The highest BCUT2D eigenvalue weighted by atomic mass is 15.3. The Morgan fingerprint density at radius 3 is 2.21 bits per heavy atom. The largest absolute Gasteiger partial charge is 0.326 e. The van der Waals surface area contributed by atoms with Crippen LogP contribution in [0, 0.1) is 5.92 Å². The molecule has 3 unspecified atom stereocenters. The minimum Gasteiger partial charge on any atom is -0.326 e. The summed E-state index contributed by atoms with van der Waals surface area (Å²) >= 11 is 0. The van der Waals surface area contributed by atoms with Crippen molar-refractivity contribution in [3.8, 4) is 0 Å². The van der Waals surface area contributed by atoms with Crippen molar-refractivity contribution in [1.29, 1.82) is 0 Å². The Kier molecular flexibility index (Phi) is 4.91. The molecule has 0 aromatic rings. The fourth-order valence-corrected chi connectivity index (χ4v) is 3.77. The highest BCUT2D eigenvalue weighted by Crippen LogP contribution is 2.30. The first kappa shape index (κ1) is 15.3. The summed E-state index contributed by atoms with van der Waals surface area (Å²) in [6.45, 7) is 14.1. The van der Waals surface area contributed by atoms with Gasteiger partial charge in [0.1, 0.15) is 0 Å². The molecule has 112 valence electrons. The third-order valence-corrected chi connectivity index (χ3v) is 5.29. The highest BCUT2D eigenvalue weighted by molar-refractivity contribution is 4.92. The highest BCUT2D eigenvalue weighted by Gasteiger charge is 2.34. The zero-order valence-corrected chi connectivity index (χ0v) is 13.4. The van der Waals surface area contributed by atoms with Crippen molar-refractivity contribution in [1.82, 2.24) is 9.80 Å². The molecule has 2 aliphatic rings. The molecule has 0 bridgehead atoms. The summed E-state index contributed by atoms with van der Waals surface area (Å²) < 4.78 is 0. The molecule has 19 heavy (non-hydrogen) atoms. The van der Waals surface area contributed by atoms with Crippen LogP contribution in [0.3, 0.4) is 0 Å². The molecule has 0 spiro atoms. The van der Waals surface area contributed by atoms with Gasteiger partial charge in [-0.1, -0.05) is 13.3 Å². The van der Waals surface area contributed by atoms with E-state index in [0.717, 1.165) is 5.92 Å². The number of piperazine rings is 1. The number of nitrogens with two attached hydrogens (primary N) is 1. The first-order valence-electron chi connectivity index (χ1n) is 8.16. The fourth-order valence-electron chi connectivity index (χ4n) is 3.77. The molecule has 1 saturated heterocycles. The maximum absolute atomic E-state index is 6.39. The lowest BCUT2D eigenvalue weighted by molar-refractivity contribution is 0.0204. The van der Waals surface area contributed by atoms with Gasteiger partial charge in [0, 0.05) is 43.8 Å². The summed E-state index contributed by atoms with van der Waals surface area (Å²) in [5.41, 5.74) is 6.70. The minimum atomic E-state index is 0.312. The van der Waals surface area contributed by atoms with Gasteiger partial charge in [0.25, 0.3) is 0 Å². The standard InChI is InChI=1S/C16H33N3/c1-5-13-6-7-14(17)15(12-13)18-8-10-19(11-9-18)16(2,3)4/h13-15H,5-12,17H2,1-4H3. The second-order valence-corrected chi connectivity index (χ2v) is 7.51. The van der Waals surface area contributed by atoms with Crippen molar-refractivity contribution in [3.05, 3.63) is 0 Å². The Hall–Kier alpha value is -0.120. The van der Waals surface area contributed by atoms with Crippen molar-refractivity contribution in [2.24, 2.45) is 11.7 Å². The molecular weight excluding hydrogens is 234 g/mol. The van der Waals surface area contributed by atoms with Gasteiger partial charge in [-0.25, -0.2) is 0 Å². The molecule has 1 aliphatic heterocycles. The third-order valence-electron chi connectivity index (χ3n) is 5.29. The summed E-state index contributed by atoms with van der Waals surface area (Å²) in [4.78, 5) is 5.28. The van der Waals surface area contributed by atoms with Crippen LogP contribution in [0.5, 0.6) is 0 Å². The van der Waals surface area contributed by atoms with Crippen LogP contribution >= 0.6 is 0 Å². The predicted octanol–water partition coefficient (Wildman–Crippen LogP) is 2.31. The molecule has 0 radical (unpaired) electrons. The Balaban J connectivity index is 1.89. The lowest BCUT2D eigenvalue weighted by Crippen LogP contribution is -2.59. The molecule has 0 aromatic heterocycles. The van der Waals surface area contributed by atoms with E-state index in [2.05, 4.69) is 37.5 Å². The van der Waals surface area contributed by atoms with Crippen molar-refractivity contribution < 1.29 is 0 Å². The van der Waals surface area contributed by atoms with E-state index >= 15 is 0 Å². The minimum absolute atomic E-state index is 0.312. The molecule has 2 N–H and O–H groups in total. The van der Waals surface area contributed by atoms with Gasteiger partial charge in [-0.15, -0.1) is 0 Å². The maximum Gasteiger partial charge on any atom is 0.0250 e. The summed E-state index contributed by atoms with van der Waals surface area (Å²) in [6.07, 6.45) is 5.22. The maximum atomic E-state index is 6.39. The van der Waals surface area contributed by atoms with E-state index in [1.807, 2.05) is 0 Å². The summed E-state index contributed by atoms with van der Waals surface area (Å²) in [7, 11) is 0. The summed E-state index contributed by atoms with van der Waals surface area (Å²) in [5, 5.41) is 0. The Morgan fingerprint density at radius 1 is 1.05 bits per heavy atom. The van der Waals surface area contributed by atoms with Crippen LogP contribution in [-0.2, 0) is 0 Å². The molecule has 0 aromatic carbocycles. The second-order valence-electron chi connectivity index (χ2n) is 7.51. The van der Waals surface area contributed by atoms with Crippen LogP contribution in [0.2, 0.25) is 0 Å². The number of nitrogens with zero attached hydrogens (tertiary/aromatic N) is 2. The average molecular weight is 267 g/mol.